The standard InChI is InChI=1S/C19H21ClF2N2O4/c1-24(10-12-4-6-16(28-19(21)22)17(8-12)27-3)11-18(25)23-13-5-7-15(26-2)14(20)9-13/h4-9,19H,10-11H2,1-3H3,(H,23,25). The van der Waals surface area contributed by atoms with E-state index in [1.807, 2.05) is 0 Å². The Hall–Kier alpha value is -2.58. The van der Waals surface area contributed by atoms with E-state index in [-0.39, 0.29) is 24.0 Å². The van der Waals surface area contributed by atoms with Crippen molar-refractivity contribution >= 4 is 23.2 Å². The molecule has 0 heterocycles. The predicted molar refractivity (Wildman–Crippen MR) is 103 cm³/mol. The smallest absolute Gasteiger partial charge is 0.387 e. The van der Waals surface area contributed by atoms with Crippen LogP contribution >= 0.6 is 11.6 Å². The highest BCUT2D eigenvalue weighted by molar-refractivity contribution is 6.32. The fraction of sp³-hybridized carbons (Fsp3) is 0.316. The molecule has 0 aliphatic rings. The summed E-state index contributed by atoms with van der Waals surface area (Å²) in [6, 6.07) is 9.60. The molecule has 9 heteroatoms. The molecule has 0 fully saturated rings. The molecule has 1 N–H and O–H groups in total. The van der Waals surface area contributed by atoms with E-state index in [2.05, 4.69) is 10.1 Å². The molecule has 6 nitrogen and oxygen atoms in total. The maximum Gasteiger partial charge on any atom is 0.387 e. The van der Waals surface area contributed by atoms with Crippen molar-refractivity contribution in [1.82, 2.24) is 4.90 Å². The third-order valence-electron chi connectivity index (χ3n) is 3.75. The van der Waals surface area contributed by atoms with Gasteiger partial charge in [-0.15, -0.1) is 0 Å². The molecule has 0 unspecified atom stereocenters. The normalized spacial score (nSPS) is 10.9. The number of amides is 1. The lowest BCUT2D eigenvalue weighted by Crippen LogP contribution is -2.29. The van der Waals surface area contributed by atoms with Crippen LogP contribution in [0.1, 0.15) is 5.56 Å². The Morgan fingerprint density at radius 2 is 1.79 bits per heavy atom. The molecule has 0 spiro atoms. The van der Waals surface area contributed by atoms with E-state index in [0.717, 1.165) is 5.56 Å². The summed E-state index contributed by atoms with van der Waals surface area (Å²) < 4.78 is 39.3. The van der Waals surface area contributed by atoms with Gasteiger partial charge in [0.05, 0.1) is 25.8 Å². The zero-order chi connectivity index (χ0) is 20.7. The Bertz CT molecular complexity index is 821. The van der Waals surface area contributed by atoms with Crippen LogP contribution in [0.2, 0.25) is 5.02 Å². The van der Waals surface area contributed by atoms with Crippen LogP contribution in [-0.4, -0.2) is 45.2 Å². The highest BCUT2D eigenvalue weighted by atomic mass is 35.5. The van der Waals surface area contributed by atoms with Crippen molar-refractivity contribution < 1.29 is 27.8 Å². The number of methoxy groups -OCH3 is 2. The van der Waals surface area contributed by atoms with Gasteiger partial charge in [-0.3, -0.25) is 9.69 Å². The van der Waals surface area contributed by atoms with Crippen LogP contribution < -0.4 is 19.5 Å². The van der Waals surface area contributed by atoms with Crippen molar-refractivity contribution in [2.24, 2.45) is 0 Å². The molecule has 0 atom stereocenters. The largest absolute Gasteiger partial charge is 0.495 e. The lowest BCUT2D eigenvalue weighted by atomic mass is 10.2. The molecule has 0 saturated carbocycles. The van der Waals surface area contributed by atoms with E-state index in [4.69, 9.17) is 21.1 Å². The highest BCUT2D eigenvalue weighted by Gasteiger charge is 2.13. The second-order valence-corrected chi connectivity index (χ2v) is 6.34. The summed E-state index contributed by atoms with van der Waals surface area (Å²) in [5.74, 6) is 0.444. The number of ether oxygens (including phenoxy) is 3. The number of hydrogen-bond acceptors (Lipinski definition) is 5. The van der Waals surface area contributed by atoms with Crippen molar-refractivity contribution in [3.63, 3.8) is 0 Å². The molecule has 0 aliphatic heterocycles. The van der Waals surface area contributed by atoms with Gasteiger partial charge in [-0.2, -0.15) is 8.78 Å². The van der Waals surface area contributed by atoms with E-state index in [1.165, 1.54) is 20.3 Å². The molecule has 0 aromatic heterocycles. The molecule has 0 saturated heterocycles. The van der Waals surface area contributed by atoms with Gasteiger partial charge in [0, 0.05) is 12.2 Å². The lowest BCUT2D eigenvalue weighted by Gasteiger charge is -2.18. The van der Waals surface area contributed by atoms with Crippen LogP contribution in [0.3, 0.4) is 0 Å². The van der Waals surface area contributed by atoms with Crippen molar-refractivity contribution in [3.8, 4) is 17.2 Å². The molecule has 2 rings (SSSR count). The molecule has 0 bridgehead atoms. The monoisotopic (exact) mass is 414 g/mol. The van der Waals surface area contributed by atoms with Gasteiger partial charge in [0.1, 0.15) is 5.75 Å². The number of carbonyl (C=O) groups is 1. The number of rotatable bonds is 9. The number of anilines is 1. The highest BCUT2D eigenvalue weighted by Crippen LogP contribution is 2.30. The molecular weight excluding hydrogens is 394 g/mol. The topological polar surface area (TPSA) is 60.0 Å². The fourth-order valence-corrected chi connectivity index (χ4v) is 2.82. The minimum absolute atomic E-state index is 0.0435. The summed E-state index contributed by atoms with van der Waals surface area (Å²) in [6.07, 6.45) is 0. The second kappa shape index (κ2) is 10.1. The Balaban J connectivity index is 1.94. The van der Waals surface area contributed by atoms with Gasteiger partial charge in [-0.1, -0.05) is 17.7 Å². The van der Waals surface area contributed by atoms with E-state index in [0.29, 0.717) is 23.0 Å². The van der Waals surface area contributed by atoms with Gasteiger partial charge in [0.25, 0.3) is 0 Å². The number of nitrogens with zero attached hydrogens (tertiary/aromatic N) is 1. The van der Waals surface area contributed by atoms with Gasteiger partial charge in [-0.25, -0.2) is 0 Å². The summed E-state index contributed by atoms with van der Waals surface area (Å²) >= 11 is 6.04. The number of halogens is 3. The van der Waals surface area contributed by atoms with Gasteiger partial charge >= 0.3 is 6.61 Å². The molecule has 1 amide bonds. The average Bonchev–Trinajstić information content (AvgIpc) is 2.62. The first kappa shape index (κ1) is 21.7. The minimum atomic E-state index is -2.93. The van der Waals surface area contributed by atoms with Gasteiger partial charge < -0.3 is 19.5 Å². The summed E-state index contributed by atoms with van der Waals surface area (Å²) in [6.45, 7) is -2.42. The van der Waals surface area contributed by atoms with Crippen LogP contribution in [-0.2, 0) is 11.3 Å². The molecular formula is C19H21ClF2N2O4. The number of alkyl halides is 2. The van der Waals surface area contributed by atoms with Gasteiger partial charge in [0.2, 0.25) is 5.91 Å². The van der Waals surface area contributed by atoms with Gasteiger partial charge in [0.15, 0.2) is 11.5 Å². The zero-order valence-electron chi connectivity index (χ0n) is 15.7. The average molecular weight is 415 g/mol. The van der Waals surface area contributed by atoms with Crippen LogP contribution in [0.4, 0.5) is 14.5 Å². The summed E-state index contributed by atoms with van der Waals surface area (Å²) in [7, 11) is 4.64. The Kier molecular flexibility index (Phi) is 7.83. The number of nitrogens with one attached hydrogen (secondary N) is 1. The summed E-state index contributed by atoms with van der Waals surface area (Å²) in [5.41, 5.74) is 1.33. The zero-order valence-corrected chi connectivity index (χ0v) is 16.4. The molecule has 0 aliphatic carbocycles. The van der Waals surface area contributed by atoms with E-state index in [9.17, 15) is 13.6 Å². The Morgan fingerprint density at radius 1 is 1.11 bits per heavy atom. The third kappa shape index (κ3) is 6.24. The number of benzene rings is 2. The van der Waals surface area contributed by atoms with Crippen LogP contribution in [0.5, 0.6) is 17.2 Å². The maximum atomic E-state index is 12.4. The molecule has 28 heavy (non-hydrogen) atoms. The SMILES string of the molecule is COc1ccc(NC(=O)CN(C)Cc2ccc(OC(F)F)c(OC)c2)cc1Cl. The number of likely N-dealkylation sites (N-methyl/N-ethyl adjacent to an activating group) is 1. The molecule has 2 aromatic carbocycles. The maximum absolute atomic E-state index is 12.4. The summed E-state index contributed by atoms with van der Waals surface area (Å²) in [5, 5.41) is 3.15. The fourth-order valence-electron chi connectivity index (χ4n) is 2.56. The van der Waals surface area contributed by atoms with E-state index in [1.54, 1.807) is 42.3 Å². The molecule has 0 radical (unpaired) electrons. The second-order valence-electron chi connectivity index (χ2n) is 5.93. The first-order valence-corrected chi connectivity index (χ1v) is 8.63. The Morgan fingerprint density at radius 3 is 2.39 bits per heavy atom. The predicted octanol–water partition coefficient (Wildman–Crippen LogP) is 4.03. The summed E-state index contributed by atoms with van der Waals surface area (Å²) in [4.78, 5) is 14.0. The van der Waals surface area contributed by atoms with Crippen LogP contribution in [0.25, 0.3) is 0 Å². The van der Waals surface area contributed by atoms with Gasteiger partial charge in [-0.05, 0) is 42.9 Å². The van der Waals surface area contributed by atoms with Crippen LogP contribution in [0, 0.1) is 0 Å². The van der Waals surface area contributed by atoms with Crippen molar-refractivity contribution in [1.29, 1.82) is 0 Å². The molecule has 152 valence electrons. The first-order chi connectivity index (χ1) is 13.3. The molecule has 2 aromatic rings. The quantitative estimate of drug-likeness (QED) is 0.671. The number of carbonyl (C=O) groups excluding carboxylic acids is 1. The van der Waals surface area contributed by atoms with Crippen LogP contribution in [0.15, 0.2) is 36.4 Å². The third-order valence-corrected chi connectivity index (χ3v) is 4.04. The lowest BCUT2D eigenvalue weighted by molar-refractivity contribution is -0.117. The first-order valence-electron chi connectivity index (χ1n) is 8.26. The van der Waals surface area contributed by atoms with Crippen molar-refractivity contribution in [2.75, 3.05) is 33.1 Å². The van der Waals surface area contributed by atoms with Crippen molar-refractivity contribution in [2.45, 2.75) is 13.2 Å². The minimum Gasteiger partial charge on any atom is -0.495 e. The van der Waals surface area contributed by atoms with E-state index < -0.39 is 6.61 Å². The van der Waals surface area contributed by atoms with E-state index >= 15 is 0 Å². The van der Waals surface area contributed by atoms with Crippen molar-refractivity contribution in [3.05, 3.63) is 47.0 Å². The Labute approximate surface area is 166 Å². The number of hydrogen-bond donors (Lipinski definition) is 1.